The molecule has 0 spiro atoms. The van der Waals surface area contributed by atoms with Crippen molar-refractivity contribution in [1.82, 2.24) is 0 Å². The van der Waals surface area contributed by atoms with Gasteiger partial charge in [-0.1, -0.05) is 0 Å². The van der Waals surface area contributed by atoms with Crippen LogP contribution in [0.3, 0.4) is 0 Å². The van der Waals surface area contributed by atoms with Gasteiger partial charge >= 0.3 is 23.9 Å². The van der Waals surface area contributed by atoms with Gasteiger partial charge in [0.1, 0.15) is 6.54 Å². The molecule has 13 nitrogen and oxygen atoms in total. The van der Waals surface area contributed by atoms with Crippen LogP contribution in [0.2, 0.25) is 0 Å². The standard InChI is InChI=1S/C8H15NO12/c10-3(7(17,18)4(11)12)1-9(8(19,20)21)5(13,14)2-6(9,15)16/h3,10,13-21H,1-2H2/p+1. The molecule has 1 fully saturated rings. The minimum Gasteiger partial charge on any atom is -0.477 e. The second kappa shape index (κ2) is 4.51. The Bertz CT molecular complexity index is 406. The summed E-state index contributed by atoms with van der Waals surface area (Å²) in [6, 6.07) is 0. The first kappa shape index (κ1) is 18.1. The van der Waals surface area contributed by atoms with Crippen LogP contribution in [0.25, 0.3) is 0 Å². The zero-order valence-corrected chi connectivity index (χ0v) is 10.3. The van der Waals surface area contributed by atoms with E-state index in [-0.39, 0.29) is 0 Å². The molecule has 1 saturated heterocycles. The van der Waals surface area contributed by atoms with Crippen LogP contribution in [0.15, 0.2) is 0 Å². The van der Waals surface area contributed by atoms with Gasteiger partial charge in [0.05, 0.1) is 0 Å². The second-order valence-corrected chi connectivity index (χ2v) is 4.86. The fraction of sp³-hybridized carbons (Fsp3) is 0.875. The zero-order valence-electron chi connectivity index (χ0n) is 10.3. The summed E-state index contributed by atoms with van der Waals surface area (Å²) in [5, 5.41) is 101. The molecule has 0 aromatic heterocycles. The third-order valence-corrected chi connectivity index (χ3v) is 3.44. The summed E-state index contributed by atoms with van der Waals surface area (Å²) < 4.78 is -2.70. The number of carboxylic acid groups (broad SMARTS) is 1. The second-order valence-electron chi connectivity index (χ2n) is 4.86. The van der Waals surface area contributed by atoms with Crippen LogP contribution < -0.4 is 0 Å². The van der Waals surface area contributed by atoms with Crippen LogP contribution >= 0.6 is 0 Å². The molecule has 11 N–H and O–H groups in total. The highest BCUT2D eigenvalue weighted by atomic mass is 16.8. The smallest absolute Gasteiger partial charge is 0.450 e. The van der Waals surface area contributed by atoms with Crippen molar-refractivity contribution in [1.29, 1.82) is 0 Å². The van der Waals surface area contributed by atoms with Crippen LogP contribution in [0.4, 0.5) is 0 Å². The monoisotopic (exact) mass is 318 g/mol. The van der Waals surface area contributed by atoms with E-state index in [2.05, 4.69) is 0 Å². The number of aliphatic hydroxyl groups is 10. The maximum atomic E-state index is 10.5. The maximum Gasteiger partial charge on any atom is 0.450 e. The van der Waals surface area contributed by atoms with Crippen LogP contribution in [0.5, 0.6) is 0 Å². The van der Waals surface area contributed by atoms with E-state index in [4.69, 9.17) is 30.6 Å². The van der Waals surface area contributed by atoms with Crippen molar-refractivity contribution < 1.29 is 65.4 Å². The fourth-order valence-electron chi connectivity index (χ4n) is 2.21. The van der Waals surface area contributed by atoms with Crippen molar-refractivity contribution in [2.24, 2.45) is 0 Å². The molecule has 0 aliphatic carbocycles. The lowest BCUT2D eigenvalue weighted by molar-refractivity contribution is -1.23. The topological polar surface area (TPSA) is 240 Å². The molecule has 21 heavy (non-hydrogen) atoms. The third-order valence-electron chi connectivity index (χ3n) is 3.44. The number of likely N-dealkylation sites (tertiary alicyclic amines) is 1. The number of aliphatic hydroxyl groups excluding tert-OH is 1. The molecule has 0 radical (unpaired) electrons. The minimum absolute atomic E-state index is 1.35. The fourth-order valence-corrected chi connectivity index (χ4v) is 2.21. The Labute approximate surface area is 115 Å². The first-order valence-electron chi connectivity index (χ1n) is 5.34. The Morgan fingerprint density at radius 1 is 1.05 bits per heavy atom. The Hall–Kier alpha value is -0.970. The molecule has 0 aromatic rings. The molecule has 0 bridgehead atoms. The number of quaternary nitrogens is 1. The van der Waals surface area contributed by atoms with Gasteiger partial charge in [0, 0.05) is 0 Å². The first-order valence-corrected chi connectivity index (χ1v) is 5.34. The predicted octanol–water partition coefficient (Wildman–Crippen LogP) is -6.80. The molecule has 0 aromatic carbocycles. The van der Waals surface area contributed by atoms with E-state index in [1.807, 2.05) is 0 Å². The van der Waals surface area contributed by atoms with E-state index in [0.717, 1.165) is 0 Å². The first-order chi connectivity index (χ1) is 9.03. The van der Waals surface area contributed by atoms with Gasteiger partial charge in [0.2, 0.25) is 0 Å². The van der Waals surface area contributed by atoms with Gasteiger partial charge in [-0.05, 0) is 0 Å². The molecule has 1 aliphatic heterocycles. The molecule has 13 heteroatoms. The summed E-state index contributed by atoms with van der Waals surface area (Å²) >= 11 is 0. The van der Waals surface area contributed by atoms with Crippen molar-refractivity contribution in [2.45, 2.75) is 36.2 Å². The molecule has 0 amide bonds. The lowest BCUT2D eigenvalue weighted by Gasteiger charge is -2.62. The SMILES string of the molecule is O=C(O)C(O)(O)C(O)C[N+]1(C(O)(O)O)C(O)(O)CC1(O)O. The molecule has 1 heterocycles. The lowest BCUT2D eigenvalue weighted by atomic mass is 9.94. The van der Waals surface area contributed by atoms with Gasteiger partial charge < -0.3 is 40.9 Å². The number of hydrogen-bond donors (Lipinski definition) is 11. The van der Waals surface area contributed by atoms with Crippen LogP contribution in [0.1, 0.15) is 6.42 Å². The van der Waals surface area contributed by atoms with E-state index >= 15 is 0 Å². The molecule has 1 rings (SSSR count). The van der Waals surface area contributed by atoms with Crippen LogP contribution in [-0.2, 0) is 4.79 Å². The van der Waals surface area contributed by atoms with Crippen molar-refractivity contribution in [3.8, 4) is 0 Å². The number of aliphatic carboxylic acids is 1. The maximum absolute atomic E-state index is 10.5. The number of carbonyl (C=O) groups is 1. The Balaban J connectivity index is 3.29. The summed E-state index contributed by atoms with van der Waals surface area (Å²) in [7, 11) is 0. The third kappa shape index (κ3) is 2.30. The van der Waals surface area contributed by atoms with Gasteiger partial charge in [-0.15, -0.1) is 4.48 Å². The Morgan fingerprint density at radius 2 is 1.43 bits per heavy atom. The molecule has 1 unspecified atom stereocenters. The largest absolute Gasteiger partial charge is 0.477 e. The summed E-state index contributed by atoms with van der Waals surface area (Å²) in [6.45, 7) is -1.79. The van der Waals surface area contributed by atoms with E-state index in [0.29, 0.717) is 0 Å². The summed E-state index contributed by atoms with van der Waals surface area (Å²) in [5.41, 5.74) is 0. The van der Waals surface area contributed by atoms with Crippen molar-refractivity contribution in [2.75, 3.05) is 6.54 Å². The minimum atomic E-state index is -4.29. The summed E-state index contributed by atoms with van der Waals surface area (Å²) in [5.74, 6) is -13.2. The van der Waals surface area contributed by atoms with Gasteiger partial charge in [-0.3, -0.25) is 15.3 Å². The van der Waals surface area contributed by atoms with Gasteiger partial charge in [0.25, 0.3) is 5.79 Å². The van der Waals surface area contributed by atoms with Crippen molar-refractivity contribution in [3.05, 3.63) is 0 Å². The average molecular weight is 318 g/mol. The number of rotatable bonds is 5. The van der Waals surface area contributed by atoms with E-state index in [1.165, 1.54) is 0 Å². The van der Waals surface area contributed by atoms with Crippen LogP contribution in [-0.4, -0.2) is 103 Å². The van der Waals surface area contributed by atoms with E-state index in [1.54, 1.807) is 0 Å². The number of hydrogen-bond acceptors (Lipinski definition) is 11. The molecular weight excluding hydrogens is 302 g/mol. The molecular formula is C8H16NO12+. The molecule has 1 aliphatic rings. The van der Waals surface area contributed by atoms with Crippen LogP contribution in [0, 0.1) is 0 Å². The van der Waals surface area contributed by atoms with Crippen molar-refractivity contribution in [3.63, 3.8) is 0 Å². The molecule has 0 saturated carbocycles. The number of nitrogens with zero attached hydrogens (tertiary/aromatic N) is 1. The van der Waals surface area contributed by atoms with Crippen molar-refractivity contribution >= 4 is 5.97 Å². The summed E-state index contributed by atoms with van der Waals surface area (Å²) in [6.07, 6.45) is -8.54. The predicted molar refractivity (Wildman–Crippen MR) is 54.3 cm³/mol. The van der Waals surface area contributed by atoms with Gasteiger partial charge in [-0.25, -0.2) is 4.79 Å². The lowest BCUT2D eigenvalue weighted by Crippen LogP contribution is -2.94. The normalized spacial score (nSPS) is 25.0. The highest BCUT2D eigenvalue weighted by Gasteiger charge is 2.84. The van der Waals surface area contributed by atoms with E-state index in [9.17, 15) is 30.3 Å². The highest BCUT2D eigenvalue weighted by Crippen LogP contribution is 2.51. The Kier molecular flexibility index (Phi) is 3.88. The van der Waals surface area contributed by atoms with Gasteiger partial charge in [-0.2, -0.15) is 0 Å². The highest BCUT2D eigenvalue weighted by molar-refractivity contribution is 5.75. The quantitative estimate of drug-likeness (QED) is 0.167. The van der Waals surface area contributed by atoms with E-state index < -0.39 is 53.2 Å². The zero-order chi connectivity index (χ0) is 17.1. The number of carboxylic acids is 1. The molecule has 124 valence electrons. The molecule has 1 atom stereocenters. The Morgan fingerprint density at radius 3 is 1.67 bits per heavy atom. The summed E-state index contributed by atoms with van der Waals surface area (Å²) in [4.78, 5) is 10.5. The average Bonchev–Trinajstić information content (AvgIpc) is 2.20. The van der Waals surface area contributed by atoms with Gasteiger partial charge in [0.15, 0.2) is 12.5 Å².